The van der Waals surface area contributed by atoms with Gasteiger partial charge >= 0.3 is 11.2 Å². The number of β-lactam (4-membered cyclic amide) rings is 1. The SMILES string of the molecule is C=CCOC(=O)C1=C(COC(=S)Oc2cc(CCCCC)cc(O)c2[C@@H]2C=C(C)CC[C@H]2C(=C)C)SC2[C@@H]([C@@H](C)O)C(=O)N12. The van der Waals surface area contributed by atoms with Crippen molar-refractivity contribution in [3.05, 3.63) is 70.3 Å². The minimum Gasteiger partial charge on any atom is -0.507 e. The number of hydrogen-bond acceptors (Lipinski definition) is 9. The predicted octanol–water partition coefficient (Wildman–Crippen LogP) is 6.67. The Balaban J connectivity index is 1.60. The largest absolute Gasteiger partial charge is 0.507 e. The first kappa shape index (κ1) is 33.8. The number of nitrogens with zero attached hydrogens (tertiary/aromatic N) is 1. The average molecular weight is 642 g/mol. The molecule has 2 N–H and O–H groups in total. The van der Waals surface area contributed by atoms with Gasteiger partial charge < -0.3 is 24.4 Å². The van der Waals surface area contributed by atoms with E-state index in [0.29, 0.717) is 16.2 Å². The van der Waals surface area contributed by atoms with Crippen LogP contribution in [0.2, 0.25) is 0 Å². The molecule has 238 valence electrons. The Morgan fingerprint density at radius 3 is 2.70 bits per heavy atom. The molecule has 0 radical (unpaired) electrons. The van der Waals surface area contributed by atoms with Gasteiger partial charge in [0.2, 0.25) is 5.91 Å². The summed E-state index contributed by atoms with van der Waals surface area (Å²) in [6.45, 7) is 15.4. The molecule has 0 saturated carbocycles. The van der Waals surface area contributed by atoms with Crippen LogP contribution in [0, 0.1) is 11.8 Å². The van der Waals surface area contributed by atoms with Gasteiger partial charge in [-0.2, -0.15) is 0 Å². The lowest BCUT2D eigenvalue weighted by Crippen LogP contribution is -2.60. The Labute approximate surface area is 269 Å². The van der Waals surface area contributed by atoms with Crippen LogP contribution in [-0.4, -0.2) is 56.9 Å². The topological polar surface area (TPSA) is 106 Å². The molecule has 4 rings (SSSR count). The van der Waals surface area contributed by atoms with Gasteiger partial charge in [-0.05, 0) is 70.1 Å². The van der Waals surface area contributed by atoms with E-state index in [1.807, 2.05) is 19.1 Å². The zero-order valence-electron chi connectivity index (χ0n) is 26.0. The maximum absolute atomic E-state index is 12.9. The number of benzene rings is 1. The number of thioether (sulfide) groups is 1. The molecule has 10 heteroatoms. The van der Waals surface area contributed by atoms with Crippen molar-refractivity contribution in [1.29, 1.82) is 0 Å². The maximum Gasteiger partial charge on any atom is 0.358 e. The first-order chi connectivity index (χ1) is 21.0. The first-order valence-corrected chi connectivity index (χ1v) is 16.5. The second-order valence-electron chi connectivity index (χ2n) is 11.8. The van der Waals surface area contributed by atoms with E-state index < -0.39 is 23.4 Å². The highest BCUT2D eigenvalue weighted by Crippen LogP contribution is 2.51. The minimum atomic E-state index is -0.873. The Hall–Kier alpha value is -3.08. The van der Waals surface area contributed by atoms with Gasteiger partial charge in [0, 0.05) is 23.7 Å². The summed E-state index contributed by atoms with van der Waals surface area (Å²) < 4.78 is 17.3. The van der Waals surface area contributed by atoms with Crippen LogP contribution in [0.1, 0.15) is 76.8 Å². The van der Waals surface area contributed by atoms with Gasteiger partial charge in [-0.15, -0.1) is 0 Å². The summed E-state index contributed by atoms with van der Waals surface area (Å²) >= 11 is 6.79. The standard InChI is InChI=1S/C34H43NO7S2/c1-7-9-10-11-22-16-25(37)29(24-15-20(5)12-13-23(24)19(3)4)26(17-22)42-34(43)41-18-27-30(33(39)40-14-8-2)35-31(38)28(21(6)36)32(35)44-27/h8,15-17,21,23-24,28,32,36-37H,2-3,7,9-14,18H2,1,4-6H3/t21-,23+,24-,28+,32?/m1/s1. The van der Waals surface area contributed by atoms with Crippen LogP contribution in [0.3, 0.4) is 0 Å². The van der Waals surface area contributed by atoms with Crippen molar-refractivity contribution in [3.63, 3.8) is 0 Å². The van der Waals surface area contributed by atoms with E-state index in [4.69, 9.17) is 26.4 Å². The minimum absolute atomic E-state index is 0.0175. The third kappa shape index (κ3) is 7.24. The van der Waals surface area contributed by atoms with E-state index in [1.54, 1.807) is 6.92 Å². The van der Waals surface area contributed by atoms with Gasteiger partial charge in [0.1, 0.15) is 35.8 Å². The van der Waals surface area contributed by atoms with Crippen LogP contribution >= 0.6 is 24.0 Å². The Morgan fingerprint density at radius 2 is 2.05 bits per heavy atom. The van der Waals surface area contributed by atoms with E-state index in [9.17, 15) is 19.8 Å². The van der Waals surface area contributed by atoms with Gasteiger partial charge in [-0.25, -0.2) is 4.79 Å². The fourth-order valence-electron chi connectivity index (χ4n) is 6.11. The fraction of sp³-hybridized carbons (Fsp3) is 0.500. The monoisotopic (exact) mass is 641 g/mol. The van der Waals surface area contributed by atoms with Crippen LogP contribution in [0.5, 0.6) is 11.5 Å². The molecule has 1 aromatic carbocycles. The van der Waals surface area contributed by atoms with E-state index in [0.717, 1.165) is 49.7 Å². The van der Waals surface area contributed by atoms with E-state index in [2.05, 4.69) is 33.1 Å². The van der Waals surface area contributed by atoms with Gasteiger partial charge in [0.25, 0.3) is 0 Å². The molecule has 1 aromatic rings. The number of aryl methyl sites for hydroxylation is 1. The number of unbranched alkanes of at least 4 members (excludes halogenated alkanes) is 2. The van der Waals surface area contributed by atoms with E-state index >= 15 is 0 Å². The summed E-state index contributed by atoms with van der Waals surface area (Å²) in [5.41, 5.74) is 3.93. The third-order valence-corrected chi connectivity index (χ3v) is 9.92. The number of amides is 1. The number of hydrogen-bond donors (Lipinski definition) is 2. The zero-order chi connectivity index (χ0) is 32.1. The number of thiocarbonyl (C=S) groups is 1. The number of rotatable bonds is 13. The smallest absolute Gasteiger partial charge is 0.358 e. The van der Waals surface area contributed by atoms with Gasteiger partial charge in [-0.3, -0.25) is 9.69 Å². The number of phenolic OH excluding ortho intramolecular Hbond substituents is 1. The number of carbonyl (C=O) groups is 2. The summed E-state index contributed by atoms with van der Waals surface area (Å²) in [5, 5.41) is 20.9. The summed E-state index contributed by atoms with van der Waals surface area (Å²) in [4.78, 5) is 27.5. The number of phenols is 1. The number of carbonyl (C=O) groups excluding carboxylic acids is 2. The molecule has 1 unspecified atom stereocenters. The summed E-state index contributed by atoms with van der Waals surface area (Å²) in [5.74, 6) is -1.12. The Morgan fingerprint density at radius 1 is 1.30 bits per heavy atom. The highest BCUT2D eigenvalue weighted by Gasteiger charge is 2.58. The van der Waals surface area contributed by atoms with Gasteiger partial charge in [0.15, 0.2) is 0 Å². The molecule has 1 fully saturated rings. The van der Waals surface area contributed by atoms with Crippen LogP contribution in [0.15, 0.2) is 59.2 Å². The number of aliphatic hydroxyl groups is 1. The summed E-state index contributed by atoms with van der Waals surface area (Å²) in [7, 11) is 0. The van der Waals surface area contributed by atoms with Crippen molar-refractivity contribution in [2.75, 3.05) is 13.2 Å². The average Bonchev–Trinajstić information content (AvgIpc) is 3.28. The zero-order valence-corrected chi connectivity index (χ0v) is 27.6. The molecule has 5 atom stereocenters. The van der Waals surface area contributed by atoms with Crippen molar-refractivity contribution in [3.8, 4) is 11.5 Å². The molecular weight excluding hydrogens is 599 g/mol. The van der Waals surface area contributed by atoms with E-state index in [-0.39, 0.29) is 47.6 Å². The number of aliphatic hydroxyl groups excluding tert-OH is 1. The third-order valence-electron chi connectivity index (χ3n) is 8.37. The number of fused-ring (bicyclic) bond motifs is 1. The number of aromatic hydroxyl groups is 1. The van der Waals surface area contributed by atoms with Gasteiger partial charge in [0.05, 0.1) is 16.9 Å². The predicted molar refractivity (Wildman–Crippen MR) is 176 cm³/mol. The Kier molecular flexibility index (Phi) is 11.4. The molecule has 2 aliphatic heterocycles. The van der Waals surface area contributed by atoms with Crippen molar-refractivity contribution in [1.82, 2.24) is 4.90 Å². The Bertz CT molecular complexity index is 1380. The van der Waals surface area contributed by atoms with Crippen LogP contribution in [-0.2, 0) is 25.5 Å². The van der Waals surface area contributed by atoms with Gasteiger partial charge in [-0.1, -0.05) is 68.0 Å². The molecule has 1 amide bonds. The van der Waals surface area contributed by atoms with Crippen LogP contribution in [0.25, 0.3) is 0 Å². The molecule has 44 heavy (non-hydrogen) atoms. The molecule has 0 spiro atoms. The van der Waals surface area contributed by atoms with Crippen LogP contribution in [0.4, 0.5) is 0 Å². The highest BCUT2D eigenvalue weighted by molar-refractivity contribution is 8.04. The quantitative estimate of drug-likeness (QED) is 0.0803. The molecular formula is C34H43NO7S2. The molecule has 0 bridgehead atoms. The molecule has 0 aromatic heterocycles. The van der Waals surface area contributed by atoms with Crippen molar-refractivity contribution >= 4 is 41.1 Å². The number of esters is 1. The van der Waals surface area contributed by atoms with Crippen molar-refractivity contribution < 1.29 is 34.0 Å². The molecule has 2 heterocycles. The van der Waals surface area contributed by atoms with Crippen molar-refractivity contribution in [2.45, 2.75) is 83.6 Å². The van der Waals surface area contributed by atoms with E-state index in [1.165, 1.54) is 28.3 Å². The maximum atomic E-state index is 12.9. The lowest BCUT2D eigenvalue weighted by molar-refractivity contribution is -0.158. The number of allylic oxidation sites excluding steroid dienone is 3. The lowest BCUT2D eigenvalue weighted by Gasteiger charge is -2.43. The molecule has 3 aliphatic rings. The molecule has 1 aliphatic carbocycles. The van der Waals surface area contributed by atoms with Crippen molar-refractivity contribution in [2.24, 2.45) is 11.8 Å². The number of ether oxygens (including phenoxy) is 3. The first-order valence-electron chi connectivity index (χ1n) is 15.2. The lowest BCUT2D eigenvalue weighted by atomic mass is 9.73. The summed E-state index contributed by atoms with van der Waals surface area (Å²) in [6, 6.07) is 3.74. The van der Waals surface area contributed by atoms with Crippen LogP contribution < -0.4 is 4.74 Å². The normalized spacial score (nSPS) is 23.3. The molecule has 1 saturated heterocycles. The second kappa shape index (κ2) is 14.8. The second-order valence-corrected chi connectivity index (χ2v) is 13.3. The molecule has 8 nitrogen and oxygen atoms in total. The highest BCUT2D eigenvalue weighted by atomic mass is 32.2. The fourth-order valence-corrected chi connectivity index (χ4v) is 7.77. The summed E-state index contributed by atoms with van der Waals surface area (Å²) in [6.07, 6.45) is 8.53.